The molecule has 0 amide bonds. The monoisotopic (exact) mass is 286 g/mol. The zero-order valence-corrected chi connectivity index (χ0v) is 9.89. The van der Waals surface area contributed by atoms with Gasteiger partial charge in [-0.15, -0.1) is 13.2 Å². The van der Waals surface area contributed by atoms with Crippen LogP contribution in [0.15, 0.2) is 36.7 Å². The van der Waals surface area contributed by atoms with Crippen LogP contribution in [0.2, 0.25) is 0 Å². The van der Waals surface area contributed by atoms with Crippen LogP contribution in [0.25, 0.3) is 0 Å². The first-order valence-corrected chi connectivity index (χ1v) is 5.28. The van der Waals surface area contributed by atoms with Gasteiger partial charge in [0.05, 0.1) is 12.4 Å². The van der Waals surface area contributed by atoms with Gasteiger partial charge < -0.3 is 14.9 Å². The van der Waals surface area contributed by atoms with Gasteiger partial charge in [-0.1, -0.05) is 0 Å². The van der Waals surface area contributed by atoms with Crippen molar-refractivity contribution in [2.24, 2.45) is 5.84 Å². The maximum atomic E-state index is 12.0. The van der Waals surface area contributed by atoms with Gasteiger partial charge in [-0.2, -0.15) is 4.98 Å². The van der Waals surface area contributed by atoms with Crippen LogP contribution in [-0.2, 0) is 0 Å². The maximum Gasteiger partial charge on any atom is 0.573 e. The van der Waals surface area contributed by atoms with Crippen LogP contribution < -0.4 is 20.7 Å². The molecule has 0 saturated carbocycles. The van der Waals surface area contributed by atoms with Gasteiger partial charge in [-0.3, -0.25) is 4.98 Å². The molecule has 2 aromatic rings. The van der Waals surface area contributed by atoms with E-state index in [1.165, 1.54) is 24.5 Å². The van der Waals surface area contributed by atoms with Crippen LogP contribution in [0.3, 0.4) is 0 Å². The molecular formula is C11H9F3N4O2. The molecule has 0 spiro atoms. The van der Waals surface area contributed by atoms with Crippen molar-refractivity contribution in [3.63, 3.8) is 0 Å². The Kier molecular flexibility index (Phi) is 3.89. The highest BCUT2D eigenvalue weighted by molar-refractivity contribution is 5.36. The molecular weight excluding hydrogens is 277 g/mol. The number of halogens is 3. The summed E-state index contributed by atoms with van der Waals surface area (Å²) in [5.74, 6) is 5.54. The smallest absolute Gasteiger partial charge is 0.437 e. The number of hydrazine groups is 1. The Balaban J connectivity index is 2.06. The van der Waals surface area contributed by atoms with E-state index in [-0.39, 0.29) is 17.4 Å². The molecule has 20 heavy (non-hydrogen) atoms. The Morgan fingerprint density at radius 3 is 2.30 bits per heavy atom. The van der Waals surface area contributed by atoms with Gasteiger partial charge in [0.2, 0.25) is 5.88 Å². The molecule has 6 nitrogen and oxygen atoms in total. The van der Waals surface area contributed by atoms with Crippen molar-refractivity contribution in [2.45, 2.75) is 6.36 Å². The van der Waals surface area contributed by atoms with E-state index in [9.17, 15) is 13.2 Å². The summed E-state index contributed by atoms with van der Waals surface area (Å²) < 4.78 is 45.0. The van der Waals surface area contributed by atoms with E-state index in [4.69, 9.17) is 10.6 Å². The minimum absolute atomic E-state index is 0.143. The lowest BCUT2D eigenvalue weighted by molar-refractivity contribution is -0.274. The molecule has 9 heteroatoms. The molecule has 1 aromatic heterocycles. The van der Waals surface area contributed by atoms with Crippen molar-refractivity contribution in [3.8, 4) is 17.4 Å². The molecule has 0 aliphatic heterocycles. The number of anilines is 1. The molecule has 0 atom stereocenters. The van der Waals surface area contributed by atoms with E-state index < -0.39 is 6.36 Å². The third-order valence-electron chi connectivity index (χ3n) is 2.04. The second-order valence-electron chi connectivity index (χ2n) is 3.51. The van der Waals surface area contributed by atoms with E-state index in [1.54, 1.807) is 0 Å². The Morgan fingerprint density at radius 2 is 1.70 bits per heavy atom. The summed E-state index contributed by atoms with van der Waals surface area (Å²) in [4.78, 5) is 7.75. The number of nitrogens with two attached hydrogens (primary N) is 1. The summed E-state index contributed by atoms with van der Waals surface area (Å²) >= 11 is 0. The Morgan fingerprint density at radius 1 is 1.05 bits per heavy atom. The van der Waals surface area contributed by atoms with Crippen LogP contribution in [0.5, 0.6) is 17.4 Å². The largest absolute Gasteiger partial charge is 0.573 e. The van der Waals surface area contributed by atoms with Crippen molar-refractivity contribution in [1.82, 2.24) is 9.97 Å². The SMILES string of the molecule is NNc1cncc(Oc2ccc(OC(F)(F)F)cc2)n1. The number of nitrogens with zero attached hydrogens (tertiary/aromatic N) is 2. The van der Waals surface area contributed by atoms with Crippen LogP contribution in [0.4, 0.5) is 19.0 Å². The Hall–Kier alpha value is -2.55. The minimum Gasteiger partial charge on any atom is -0.437 e. The summed E-state index contributed by atoms with van der Waals surface area (Å²) in [6.45, 7) is 0. The molecule has 0 fully saturated rings. The second-order valence-corrected chi connectivity index (χ2v) is 3.51. The van der Waals surface area contributed by atoms with E-state index in [2.05, 4.69) is 20.1 Å². The summed E-state index contributed by atoms with van der Waals surface area (Å²) in [6.07, 6.45) is -2.01. The van der Waals surface area contributed by atoms with E-state index in [1.807, 2.05) is 0 Å². The number of ether oxygens (including phenoxy) is 2. The highest BCUT2D eigenvalue weighted by Crippen LogP contribution is 2.26. The Labute approximate surface area is 111 Å². The number of hydrogen-bond donors (Lipinski definition) is 2. The van der Waals surface area contributed by atoms with E-state index in [0.29, 0.717) is 5.82 Å². The fourth-order valence-electron chi connectivity index (χ4n) is 1.30. The summed E-state index contributed by atoms with van der Waals surface area (Å²) in [5.41, 5.74) is 2.29. The van der Waals surface area contributed by atoms with Gasteiger partial charge in [0.15, 0.2) is 5.82 Å². The molecule has 0 aliphatic rings. The first-order valence-electron chi connectivity index (χ1n) is 5.28. The molecule has 0 unspecified atom stereocenters. The molecule has 0 saturated heterocycles. The zero-order chi connectivity index (χ0) is 14.6. The van der Waals surface area contributed by atoms with Gasteiger partial charge in [-0.25, -0.2) is 5.84 Å². The van der Waals surface area contributed by atoms with Crippen molar-refractivity contribution < 1.29 is 22.6 Å². The normalized spacial score (nSPS) is 11.0. The molecule has 2 rings (SSSR count). The number of benzene rings is 1. The fraction of sp³-hybridized carbons (Fsp3) is 0.0909. The van der Waals surface area contributed by atoms with Gasteiger partial charge in [0.25, 0.3) is 0 Å². The van der Waals surface area contributed by atoms with Gasteiger partial charge in [0, 0.05) is 0 Å². The fourth-order valence-corrected chi connectivity index (χ4v) is 1.30. The number of aromatic nitrogens is 2. The Bertz CT molecular complexity index is 575. The average Bonchev–Trinajstić information content (AvgIpc) is 2.40. The molecule has 1 aromatic carbocycles. The lowest BCUT2D eigenvalue weighted by atomic mass is 10.3. The van der Waals surface area contributed by atoms with Crippen LogP contribution in [-0.4, -0.2) is 16.3 Å². The van der Waals surface area contributed by atoms with Crippen molar-refractivity contribution in [3.05, 3.63) is 36.7 Å². The van der Waals surface area contributed by atoms with E-state index in [0.717, 1.165) is 12.1 Å². The summed E-state index contributed by atoms with van der Waals surface area (Å²) in [5, 5.41) is 0. The number of hydrogen-bond acceptors (Lipinski definition) is 6. The first-order chi connectivity index (χ1) is 9.46. The van der Waals surface area contributed by atoms with Gasteiger partial charge in [-0.05, 0) is 24.3 Å². The predicted octanol–water partition coefficient (Wildman–Crippen LogP) is 2.45. The quantitative estimate of drug-likeness (QED) is 0.663. The molecule has 106 valence electrons. The number of rotatable bonds is 4. The standard InChI is InChI=1S/C11H9F3N4O2/c12-11(13,14)20-8-3-1-7(2-4-8)19-10-6-16-5-9(17-10)18-15/h1-6H,15H2,(H,17,18). The average molecular weight is 286 g/mol. The first kappa shape index (κ1) is 13.9. The third-order valence-corrected chi connectivity index (χ3v) is 2.04. The molecule has 0 bridgehead atoms. The lowest BCUT2D eigenvalue weighted by Gasteiger charge is -2.09. The number of nitrogen functional groups attached to an aromatic ring is 1. The second kappa shape index (κ2) is 5.61. The van der Waals surface area contributed by atoms with Gasteiger partial charge >= 0.3 is 6.36 Å². The molecule has 0 aliphatic carbocycles. The number of alkyl halides is 3. The van der Waals surface area contributed by atoms with Crippen molar-refractivity contribution >= 4 is 5.82 Å². The zero-order valence-electron chi connectivity index (χ0n) is 9.89. The molecule has 1 heterocycles. The third kappa shape index (κ3) is 3.99. The molecule has 0 radical (unpaired) electrons. The predicted molar refractivity (Wildman–Crippen MR) is 63.0 cm³/mol. The topological polar surface area (TPSA) is 82.3 Å². The lowest BCUT2D eigenvalue weighted by Crippen LogP contribution is -2.16. The molecule has 3 N–H and O–H groups in total. The highest BCUT2D eigenvalue weighted by atomic mass is 19.4. The summed E-state index contributed by atoms with van der Waals surface area (Å²) in [6, 6.07) is 4.87. The van der Waals surface area contributed by atoms with Gasteiger partial charge in [0.1, 0.15) is 11.5 Å². The van der Waals surface area contributed by atoms with Crippen molar-refractivity contribution in [1.29, 1.82) is 0 Å². The highest BCUT2D eigenvalue weighted by Gasteiger charge is 2.30. The van der Waals surface area contributed by atoms with E-state index >= 15 is 0 Å². The van der Waals surface area contributed by atoms with Crippen LogP contribution in [0, 0.1) is 0 Å². The van der Waals surface area contributed by atoms with Crippen LogP contribution >= 0.6 is 0 Å². The maximum absolute atomic E-state index is 12.0. The minimum atomic E-state index is -4.73. The van der Waals surface area contributed by atoms with Crippen molar-refractivity contribution in [2.75, 3.05) is 5.43 Å². The number of nitrogens with one attached hydrogen (secondary N) is 1. The summed E-state index contributed by atoms with van der Waals surface area (Å²) in [7, 11) is 0. The van der Waals surface area contributed by atoms with Crippen LogP contribution in [0.1, 0.15) is 0 Å².